The maximum atomic E-state index is 13.5. The van der Waals surface area contributed by atoms with Crippen molar-refractivity contribution in [2.45, 2.75) is 31.9 Å². The number of rotatable bonds is 7. The van der Waals surface area contributed by atoms with E-state index in [4.69, 9.17) is 0 Å². The van der Waals surface area contributed by atoms with Crippen LogP contribution in [0.3, 0.4) is 0 Å². The Morgan fingerprint density at radius 1 is 1.32 bits per heavy atom. The van der Waals surface area contributed by atoms with Gasteiger partial charge in [0.25, 0.3) is 5.91 Å². The lowest BCUT2D eigenvalue weighted by Gasteiger charge is -2.13. The topological polar surface area (TPSA) is 65.5 Å². The van der Waals surface area contributed by atoms with Gasteiger partial charge in [0.1, 0.15) is 5.82 Å². The van der Waals surface area contributed by atoms with Gasteiger partial charge in [0, 0.05) is 30.4 Å². The molecule has 0 aliphatic carbocycles. The van der Waals surface area contributed by atoms with Crippen molar-refractivity contribution in [2.24, 2.45) is 4.99 Å². The SMILES string of the molecule is CCNC(=NCC1CCCS1)NCCNC(=O)c1ccc(C)c(F)c1. The molecule has 0 bridgehead atoms. The number of nitrogens with one attached hydrogen (secondary N) is 3. The molecular weight excluding hydrogens is 339 g/mol. The highest BCUT2D eigenvalue weighted by Gasteiger charge is 2.15. The van der Waals surface area contributed by atoms with E-state index in [1.807, 2.05) is 18.7 Å². The summed E-state index contributed by atoms with van der Waals surface area (Å²) in [6.07, 6.45) is 2.51. The fourth-order valence-corrected chi connectivity index (χ4v) is 3.70. The van der Waals surface area contributed by atoms with Crippen LogP contribution in [-0.4, -0.2) is 49.0 Å². The maximum Gasteiger partial charge on any atom is 0.251 e. The third-order valence-corrected chi connectivity index (χ3v) is 5.34. The molecule has 1 saturated heterocycles. The van der Waals surface area contributed by atoms with Crippen molar-refractivity contribution in [2.75, 3.05) is 31.9 Å². The first-order valence-electron chi connectivity index (χ1n) is 8.78. The average Bonchev–Trinajstić information content (AvgIpc) is 3.12. The molecule has 25 heavy (non-hydrogen) atoms. The van der Waals surface area contributed by atoms with Crippen LogP contribution in [-0.2, 0) is 0 Å². The number of halogens is 1. The minimum atomic E-state index is -0.364. The number of guanidine groups is 1. The van der Waals surface area contributed by atoms with Gasteiger partial charge < -0.3 is 16.0 Å². The van der Waals surface area contributed by atoms with Crippen LogP contribution in [0.2, 0.25) is 0 Å². The first kappa shape index (κ1) is 19.6. The van der Waals surface area contributed by atoms with Crippen molar-refractivity contribution in [3.63, 3.8) is 0 Å². The molecule has 0 spiro atoms. The van der Waals surface area contributed by atoms with E-state index in [2.05, 4.69) is 20.9 Å². The van der Waals surface area contributed by atoms with E-state index in [1.165, 1.54) is 24.7 Å². The molecule has 1 unspecified atom stereocenters. The lowest BCUT2D eigenvalue weighted by atomic mass is 10.1. The number of hydrogen-bond donors (Lipinski definition) is 3. The minimum absolute atomic E-state index is 0.273. The normalized spacial score (nSPS) is 17.4. The number of aliphatic imine (C=N–C) groups is 1. The molecule has 7 heteroatoms. The first-order chi connectivity index (χ1) is 12.1. The molecule has 1 amide bonds. The van der Waals surface area contributed by atoms with Crippen LogP contribution in [0.15, 0.2) is 23.2 Å². The summed E-state index contributed by atoms with van der Waals surface area (Å²) in [5.74, 6) is 1.36. The molecule has 5 nitrogen and oxygen atoms in total. The Kier molecular flexibility index (Phi) is 8.04. The molecule has 1 atom stereocenters. The van der Waals surface area contributed by atoms with Crippen molar-refractivity contribution in [3.05, 3.63) is 35.1 Å². The molecular formula is C18H27FN4OS. The number of thioether (sulfide) groups is 1. The van der Waals surface area contributed by atoms with Gasteiger partial charge in [-0.25, -0.2) is 4.39 Å². The molecule has 138 valence electrons. The molecule has 1 aromatic rings. The van der Waals surface area contributed by atoms with Gasteiger partial charge in [0.15, 0.2) is 5.96 Å². The monoisotopic (exact) mass is 366 g/mol. The van der Waals surface area contributed by atoms with E-state index in [-0.39, 0.29) is 11.7 Å². The number of amides is 1. The highest BCUT2D eigenvalue weighted by molar-refractivity contribution is 8.00. The summed E-state index contributed by atoms with van der Waals surface area (Å²) in [5, 5.41) is 9.82. The predicted octanol–water partition coefficient (Wildman–Crippen LogP) is 2.31. The third-order valence-electron chi connectivity index (χ3n) is 3.96. The zero-order chi connectivity index (χ0) is 18.1. The van der Waals surface area contributed by atoms with Crippen molar-refractivity contribution in [1.82, 2.24) is 16.0 Å². The molecule has 2 rings (SSSR count). The number of benzene rings is 1. The second kappa shape index (κ2) is 10.3. The number of aryl methyl sites for hydroxylation is 1. The van der Waals surface area contributed by atoms with Crippen LogP contribution in [0.25, 0.3) is 0 Å². The molecule has 1 aromatic carbocycles. The Bertz CT molecular complexity index is 603. The molecule has 1 aliphatic heterocycles. The van der Waals surface area contributed by atoms with Gasteiger partial charge in [-0.15, -0.1) is 0 Å². The fourth-order valence-electron chi connectivity index (χ4n) is 2.52. The van der Waals surface area contributed by atoms with Gasteiger partial charge >= 0.3 is 0 Å². The summed E-state index contributed by atoms with van der Waals surface area (Å²) < 4.78 is 13.5. The van der Waals surface area contributed by atoms with Crippen molar-refractivity contribution in [1.29, 1.82) is 0 Å². The standard InChI is InChI=1S/C18H27FN4OS/c1-3-20-18(23-12-15-5-4-10-25-15)22-9-8-21-17(24)14-7-6-13(2)16(19)11-14/h6-7,11,15H,3-5,8-10,12H2,1-2H3,(H,21,24)(H2,20,22,23). The first-order valence-corrected chi connectivity index (χ1v) is 9.83. The van der Waals surface area contributed by atoms with Crippen molar-refractivity contribution >= 4 is 23.6 Å². The Morgan fingerprint density at radius 3 is 2.80 bits per heavy atom. The summed E-state index contributed by atoms with van der Waals surface area (Å²) in [7, 11) is 0. The third kappa shape index (κ3) is 6.57. The van der Waals surface area contributed by atoms with Crippen LogP contribution in [0.1, 0.15) is 35.7 Å². The molecule has 3 N–H and O–H groups in total. The highest BCUT2D eigenvalue weighted by Crippen LogP contribution is 2.25. The van der Waals surface area contributed by atoms with Gasteiger partial charge in [-0.3, -0.25) is 9.79 Å². The van der Waals surface area contributed by atoms with Crippen molar-refractivity contribution < 1.29 is 9.18 Å². The lowest BCUT2D eigenvalue weighted by Crippen LogP contribution is -2.41. The van der Waals surface area contributed by atoms with Gasteiger partial charge in [-0.2, -0.15) is 11.8 Å². The summed E-state index contributed by atoms with van der Waals surface area (Å²) in [6.45, 7) is 6.30. The van der Waals surface area contributed by atoms with Crippen LogP contribution in [0.5, 0.6) is 0 Å². The molecule has 0 saturated carbocycles. The Balaban J connectivity index is 1.74. The summed E-state index contributed by atoms with van der Waals surface area (Å²) in [5.41, 5.74) is 0.868. The molecule has 0 radical (unpaired) electrons. The Morgan fingerprint density at radius 2 is 2.12 bits per heavy atom. The van der Waals surface area contributed by atoms with Gasteiger partial charge in [0.2, 0.25) is 0 Å². The minimum Gasteiger partial charge on any atom is -0.357 e. The summed E-state index contributed by atoms with van der Waals surface area (Å²) >= 11 is 1.98. The summed E-state index contributed by atoms with van der Waals surface area (Å²) in [6, 6.07) is 4.51. The molecule has 1 fully saturated rings. The fraction of sp³-hybridized carbons (Fsp3) is 0.556. The average molecular weight is 367 g/mol. The van der Waals surface area contributed by atoms with Crippen LogP contribution in [0, 0.1) is 12.7 Å². The highest BCUT2D eigenvalue weighted by atomic mass is 32.2. The van der Waals surface area contributed by atoms with Crippen molar-refractivity contribution in [3.8, 4) is 0 Å². The molecule has 1 aliphatic rings. The number of nitrogens with zero attached hydrogens (tertiary/aromatic N) is 1. The van der Waals surface area contributed by atoms with E-state index in [0.717, 1.165) is 19.0 Å². The van der Waals surface area contributed by atoms with E-state index in [9.17, 15) is 9.18 Å². The van der Waals surface area contributed by atoms with E-state index in [1.54, 1.807) is 19.1 Å². The second-order valence-electron chi connectivity index (χ2n) is 6.00. The number of carbonyl (C=O) groups excluding carboxylic acids is 1. The number of hydrogen-bond acceptors (Lipinski definition) is 3. The largest absolute Gasteiger partial charge is 0.357 e. The zero-order valence-corrected chi connectivity index (χ0v) is 15.7. The molecule has 0 aromatic heterocycles. The van der Waals surface area contributed by atoms with Gasteiger partial charge in [0.05, 0.1) is 6.54 Å². The molecule has 1 heterocycles. The summed E-state index contributed by atoms with van der Waals surface area (Å²) in [4.78, 5) is 16.6. The van der Waals surface area contributed by atoms with Gasteiger partial charge in [-0.1, -0.05) is 6.07 Å². The lowest BCUT2D eigenvalue weighted by molar-refractivity contribution is 0.0954. The number of carbonyl (C=O) groups is 1. The van der Waals surface area contributed by atoms with E-state index < -0.39 is 0 Å². The van der Waals surface area contributed by atoms with Crippen LogP contribution < -0.4 is 16.0 Å². The zero-order valence-electron chi connectivity index (χ0n) is 14.9. The van der Waals surface area contributed by atoms with E-state index >= 15 is 0 Å². The van der Waals surface area contributed by atoms with E-state index in [0.29, 0.717) is 29.5 Å². The maximum absolute atomic E-state index is 13.5. The van der Waals surface area contributed by atoms with Crippen LogP contribution in [0.4, 0.5) is 4.39 Å². The Labute approximate surface area is 153 Å². The Hall–Kier alpha value is -1.76. The smallest absolute Gasteiger partial charge is 0.251 e. The quantitative estimate of drug-likeness (QED) is 0.394. The predicted molar refractivity (Wildman–Crippen MR) is 103 cm³/mol. The van der Waals surface area contributed by atoms with Crippen LogP contribution >= 0.6 is 11.8 Å². The van der Waals surface area contributed by atoms with Gasteiger partial charge in [-0.05, 0) is 50.1 Å². The second-order valence-corrected chi connectivity index (χ2v) is 7.41.